The maximum absolute atomic E-state index is 13.0. The largest absolute Gasteiger partial charge is 0.508 e. The van der Waals surface area contributed by atoms with Crippen molar-refractivity contribution < 1.29 is 24.5 Å². The van der Waals surface area contributed by atoms with Crippen LogP contribution in [0.2, 0.25) is 0 Å². The van der Waals surface area contributed by atoms with Gasteiger partial charge in [-0.1, -0.05) is 13.8 Å². The number of aliphatic carboxylic acids is 1. The molecule has 6 heteroatoms. The second-order valence-electron chi connectivity index (χ2n) is 5.96. The number of phenols is 1. The Kier molecular flexibility index (Phi) is 3.81. The van der Waals surface area contributed by atoms with Crippen molar-refractivity contribution in [2.45, 2.75) is 51.7 Å². The number of carbonyl (C=O) groups excluding carboxylic acids is 1. The van der Waals surface area contributed by atoms with Crippen LogP contribution in [0.5, 0.6) is 11.5 Å². The first kappa shape index (κ1) is 16.1. The lowest BCUT2D eigenvalue weighted by Crippen LogP contribution is -2.64. The number of aromatic hydroxyl groups is 1. The van der Waals surface area contributed by atoms with Gasteiger partial charge in [0.15, 0.2) is 5.60 Å². The highest BCUT2D eigenvalue weighted by Crippen LogP contribution is 2.45. The summed E-state index contributed by atoms with van der Waals surface area (Å²) in [6.07, 6.45) is 0.813. The van der Waals surface area contributed by atoms with Gasteiger partial charge in [-0.3, -0.25) is 9.69 Å². The summed E-state index contributed by atoms with van der Waals surface area (Å²) in [6.45, 7) is 6.60. The molecule has 0 aliphatic carbocycles. The zero-order valence-corrected chi connectivity index (χ0v) is 13.2. The van der Waals surface area contributed by atoms with E-state index in [-0.39, 0.29) is 11.7 Å². The Labute approximate surface area is 129 Å². The van der Waals surface area contributed by atoms with Gasteiger partial charge >= 0.3 is 5.97 Å². The first-order valence-corrected chi connectivity index (χ1v) is 7.29. The number of nitrogens with zero attached hydrogens (tertiary/aromatic N) is 1. The number of hydrogen-bond acceptors (Lipinski definition) is 4. The first-order chi connectivity index (χ1) is 10.2. The average Bonchev–Trinajstić information content (AvgIpc) is 2.46. The van der Waals surface area contributed by atoms with E-state index in [1.807, 2.05) is 13.8 Å². The molecule has 0 saturated heterocycles. The lowest BCUT2D eigenvalue weighted by atomic mass is 9.89. The molecule has 0 fully saturated rings. The van der Waals surface area contributed by atoms with Crippen molar-refractivity contribution in [2.24, 2.45) is 0 Å². The van der Waals surface area contributed by atoms with E-state index in [1.54, 1.807) is 0 Å². The number of carbonyl (C=O) groups is 2. The molecule has 0 unspecified atom stereocenters. The molecule has 0 saturated carbocycles. The minimum absolute atomic E-state index is 0.00212. The van der Waals surface area contributed by atoms with Crippen LogP contribution in [0.15, 0.2) is 18.2 Å². The van der Waals surface area contributed by atoms with Gasteiger partial charge in [0.25, 0.3) is 5.91 Å². The van der Waals surface area contributed by atoms with Gasteiger partial charge in [0, 0.05) is 6.07 Å². The molecule has 0 aromatic heterocycles. The summed E-state index contributed by atoms with van der Waals surface area (Å²) in [7, 11) is 0. The maximum atomic E-state index is 13.0. The quantitative estimate of drug-likeness (QED) is 0.892. The van der Waals surface area contributed by atoms with Gasteiger partial charge in [0.05, 0.1) is 5.69 Å². The summed E-state index contributed by atoms with van der Waals surface area (Å²) in [4.78, 5) is 25.9. The van der Waals surface area contributed by atoms with E-state index in [0.717, 1.165) is 0 Å². The van der Waals surface area contributed by atoms with E-state index in [2.05, 4.69) is 0 Å². The highest BCUT2D eigenvalue weighted by atomic mass is 16.5. The molecule has 2 N–H and O–H groups in total. The molecule has 1 aromatic carbocycles. The topological polar surface area (TPSA) is 87.1 Å². The van der Waals surface area contributed by atoms with Gasteiger partial charge < -0.3 is 14.9 Å². The number of anilines is 1. The summed E-state index contributed by atoms with van der Waals surface area (Å²) in [5.41, 5.74) is -2.19. The summed E-state index contributed by atoms with van der Waals surface area (Å²) >= 11 is 0. The molecule has 0 atom stereocenters. The van der Waals surface area contributed by atoms with Crippen LogP contribution in [0.3, 0.4) is 0 Å². The molecular formula is C16H21NO5. The van der Waals surface area contributed by atoms with Crippen molar-refractivity contribution in [3.05, 3.63) is 18.2 Å². The molecule has 0 bridgehead atoms. The van der Waals surface area contributed by atoms with Crippen molar-refractivity contribution in [1.82, 2.24) is 0 Å². The molecule has 0 spiro atoms. The zero-order valence-electron chi connectivity index (χ0n) is 13.2. The third kappa shape index (κ3) is 2.19. The van der Waals surface area contributed by atoms with Crippen LogP contribution in [-0.4, -0.2) is 33.2 Å². The number of rotatable bonds is 4. The number of phenolic OH excluding ortho intramolecular Hbond substituents is 1. The smallest absolute Gasteiger partial charge is 0.329 e. The zero-order chi connectivity index (χ0) is 16.7. The number of benzene rings is 1. The lowest BCUT2D eigenvalue weighted by Gasteiger charge is -2.46. The van der Waals surface area contributed by atoms with Crippen LogP contribution in [0.1, 0.15) is 40.5 Å². The fourth-order valence-electron chi connectivity index (χ4n) is 2.68. The van der Waals surface area contributed by atoms with E-state index >= 15 is 0 Å². The van der Waals surface area contributed by atoms with Gasteiger partial charge in [0.1, 0.15) is 17.0 Å². The molecule has 1 amide bonds. The monoisotopic (exact) mass is 307 g/mol. The predicted molar refractivity (Wildman–Crippen MR) is 81.2 cm³/mol. The summed E-state index contributed by atoms with van der Waals surface area (Å²) in [5.74, 6) is -1.16. The Morgan fingerprint density at radius 1 is 1.32 bits per heavy atom. The molecule has 1 aromatic rings. The Morgan fingerprint density at radius 2 is 1.91 bits per heavy atom. The van der Waals surface area contributed by atoms with Crippen molar-refractivity contribution in [3.8, 4) is 11.5 Å². The Hall–Kier alpha value is -2.24. The SMILES string of the molecule is CCC1(CC)Oc2cc(O)ccc2N(C(C)(C)C(=O)O)C1=O. The lowest BCUT2D eigenvalue weighted by molar-refractivity contribution is -0.148. The highest BCUT2D eigenvalue weighted by Gasteiger charge is 2.52. The molecule has 0 radical (unpaired) electrons. The molecule has 1 aliphatic rings. The van der Waals surface area contributed by atoms with Crippen LogP contribution < -0.4 is 9.64 Å². The summed E-state index contributed by atoms with van der Waals surface area (Å²) in [6, 6.07) is 4.32. The number of ether oxygens (including phenoxy) is 1. The third-order valence-electron chi connectivity index (χ3n) is 4.31. The van der Waals surface area contributed by atoms with Gasteiger partial charge in [-0.05, 0) is 38.8 Å². The van der Waals surface area contributed by atoms with E-state index < -0.39 is 17.1 Å². The molecule has 22 heavy (non-hydrogen) atoms. The highest BCUT2D eigenvalue weighted by molar-refractivity contribution is 6.08. The average molecular weight is 307 g/mol. The van der Waals surface area contributed by atoms with Crippen LogP contribution in [0.4, 0.5) is 5.69 Å². The number of hydrogen-bond donors (Lipinski definition) is 2. The molecule has 120 valence electrons. The van der Waals surface area contributed by atoms with Crippen molar-refractivity contribution >= 4 is 17.6 Å². The van der Waals surface area contributed by atoms with Crippen LogP contribution >= 0.6 is 0 Å². The Bertz CT molecular complexity index is 619. The Balaban J connectivity index is 2.70. The number of carboxylic acids is 1. The van der Waals surface area contributed by atoms with Gasteiger partial charge in [-0.2, -0.15) is 0 Å². The summed E-state index contributed by atoms with van der Waals surface area (Å²) in [5, 5.41) is 19.2. The van der Waals surface area contributed by atoms with Gasteiger partial charge in [-0.15, -0.1) is 0 Å². The minimum atomic E-state index is -1.43. The molecule has 1 aliphatic heterocycles. The maximum Gasteiger partial charge on any atom is 0.329 e. The molecule has 1 heterocycles. The minimum Gasteiger partial charge on any atom is -0.508 e. The van der Waals surface area contributed by atoms with Crippen LogP contribution in [0.25, 0.3) is 0 Å². The van der Waals surface area contributed by atoms with E-state index in [0.29, 0.717) is 24.3 Å². The van der Waals surface area contributed by atoms with E-state index in [4.69, 9.17) is 4.74 Å². The normalized spacial score (nSPS) is 16.9. The van der Waals surface area contributed by atoms with E-state index in [9.17, 15) is 19.8 Å². The standard InChI is InChI=1S/C16H21NO5/c1-5-16(6-2)13(19)17(15(3,4)14(20)21)11-8-7-10(18)9-12(11)22-16/h7-9,18H,5-6H2,1-4H3,(H,20,21). The number of fused-ring (bicyclic) bond motifs is 1. The second kappa shape index (κ2) is 5.19. The van der Waals surface area contributed by atoms with Crippen molar-refractivity contribution in [3.63, 3.8) is 0 Å². The van der Waals surface area contributed by atoms with Crippen LogP contribution in [-0.2, 0) is 9.59 Å². The summed E-state index contributed by atoms with van der Waals surface area (Å²) < 4.78 is 5.87. The van der Waals surface area contributed by atoms with Gasteiger partial charge in [-0.25, -0.2) is 4.79 Å². The van der Waals surface area contributed by atoms with Crippen molar-refractivity contribution in [1.29, 1.82) is 0 Å². The molecule has 2 rings (SSSR count). The number of carboxylic acid groups (broad SMARTS) is 1. The fraction of sp³-hybridized carbons (Fsp3) is 0.500. The predicted octanol–water partition coefficient (Wildman–Crippen LogP) is 2.54. The molecule has 6 nitrogen and oxygen atoms in total. The molecular weight excluding hydrogens is 286 g/mol. The van der Waals surface area contributed by atoms with Crippen molar-refractivity contribution in [2.75, 3.05) is 4.90 Å². The van der Waals surface area contributed by atoms with E-state index in [1.165, 1.54) is 36.9 Å². The second-order valence-corrected chi connectivity index (χ2v) is 5.96. The van der Waals surface area contributed by atoms with Gasteiger partial charge in [0.2, 0.25) is 0 Å². The Morgan fingerprint density at radius 3 is 2.41 bits per heavy atom. The first-order valence-electron chi connectivity index (χ1n) is 7.29. The third-order valence-corrected chi connectivity index (χ3v) is 4.31. The van der Waals surface area contributed by atoms with Crippen LogP contribution in [0, 0.1) is 0 Å². The fourth-order valence-corrected chi connectivity index (χ4v) is 2.68. The number of amides is 1.